The van der Waals surface area contributed by atoms with E-state index in [2.05, 4.69) is 0 Å². The lowest BCUT2D eigenvalue weighted by Crippen LogP contribution is -2.34. The van der Waals surface area contributed by atoms with E-state index < -0.39 is 12.0 Å². The molecule has 11 heavy (non-hydrogen) atoms. The van der Waals surface area contributed by atoms with Crippen molar-refractivity contribution >= 4 is 17.7 Å². The normalized spacial score (nSPS) is 12.9. The minimum atomic E-state index is -1.01. The maximum atomic E-state index is 10.3. The van der Waals surface area contributed by atoms with E-state index in [0.717, 1.165) is 12.2 Å². The predicted octanol–water partition coefficient (Wildman–Crippen LogP) is 0.562. The lowest BCUT2D eigenvalue weighted by Gasteiger charge is -2.08. The third kappa shape index (κ3) is 5.06. The largest absolute Gasteiger partial charge is 0.480 e. The molecule has 0 aliphatic rings. The first-order valence-electron chi connectivity index (χ1n) is 3.33. The number of thioether (sulfide) groups is 1. The Labute approximate surface area is 69.9 Å². The number of carbonyl (C=O) groups is 1. The Hall–Kier alpha value is -0.260. The molecule has 5 heteroatoms. The summed E-state index contributed by atoms with van der Waals surface area (Å²) >= 11 is 1.66. The van der Waals surface area contributed by atoms with E-state index in [-0.39, 0.29) is 0 Å². The molecule has 0 bridgehead atoms. The number of aliphatic carboxylic acids is 1. The summed E-state index contributed by atoms with van der Waals surface area (Å²) in [5.74, 6) is -0.0838. The standard InChI is InChI=1S/C6H13NO3S/c1-11-4-2-3-5(7-10)6(8)9/h5,7,10H,2-4H2,1H3,(H,8,9)/t5-/m0/s1. The summed E-state index contributed by atoms with van der Waals surface area (Å²) < 4.78 is 0. The SMILES string of the molecule is CSCCC[C@H](NO)C(=O)O. The van der Waals surface area contributed by atoms with Crippen LogP contribution in [-0.2, 0) is 4.79 Å². The first-order chi connectivity index (χ1) is 5.22. The van der Waals surface area contributed by atoms with Gasteiger partial charge >= 0.3 is 5.97 Å². The second kappa shape index (κ2) is 6.45. The maximum absolute atomic E-state index is 10.3. The molecule has 0 aromatic heterocycles. The third-order valence-electron chi connectivity index (χ3n) is 1.30. The van der Waals surface area contributed by atoms with Crippen LogP contribution in [0.1, 0.15) is 12.8 Å². The van der Waals surface area contributed by atoms with Gasteiger partial charge in [-0.15, -0.1) is 0 Å². The van der Waals surface area contributed by atoms with Gasteiger partial charge in [-0.05, 0) is 24.9 Å². The third-order valence-corrected chi connectivity index (χ3v) is 1.99. The highest BCUT2D eigenvalue weighted by atomic mass is 32.2. The van der Waals surface area contributed by atoms with Crippen LogP contribution < -0.4 is 5.48 Å². The highest BCUT2D eigenvalue weighted by molar-refractivity contribution is 7.98. The Morgan fingerprint density at radius 2 is 2.36 bits per heavy atom. The first kappa shape index (κ1) is 10.7. The Morgan fingerprint density at radius 3 is 2.73 bits per heavy atom. The van der Waals surface area contributed by atoms with Gasteiger partial charge in [-0.25, -0.2) is 0 Å². The number of carboxylic acid groups (broad SMARTS) is 1. The summed E-state index contributed by atoms with van der Waals surface area (Å²) in [7, 11) is 0. The molecule has 0 heterocycles. The zero-order valence-electron chi connectivity index (χ0n) is 6.41. The minimum Gasteiger partial charge on any atom is -0.480 e. The van der Waals surface area contributed by atoms with Gasteiger partial charge in [0.15, 0.2) is 0 Å². The predicted molar refractivity (Wildman–Crippen MR) is 44.0 cm³/mol. The van der Waals surface area contributed by atoms with Gasteiger partial charge in [-0.2, -0.15) is 17.2 Å². The van der Waals surface area contributed by atoms with Crippen LogP contribution in [0.15, 0.2) is 0 Å². The first-order valence-corrected chi connectivity index (χ1v) is 4.73. The van der Waals surface area contributed by atoms with Crippen molar-refractivity contribution in [3.05, 3.63) is 0 Å². The average molecular weight is 179 g/mol. The van der Waals surface area contributed by atoms with Crippen LogP contribution in [0.2, 0.25) is 0 Å². The van der Waals surface area contributed by atoms with E-state index in [1.807, 2.05) is 6.26 Å². The summed E-state index contributed by atoms with van der Waals surface area (Å²) in [6.45, 7) is 0. The van der Waals surface area contributed by atoms with E-state index in [4.69, 9.17) is 10.3 Å². The molecule has 0 rings (SSSR count). The van der Waals surface area contributed by atoms with Crippen molar-refractivity contribution in [1.29, 1.82) is 0 Å². The monoisotopic (exact) mass is 179 g/mol. The average Bonchev–Trinajstić information content (AvgIpc) is 1.97. The second-order valence-corrected chi connectivity index (χ2v) is 3.14. The molecule has 66 valence electrons. The molecular weight excluding hydrogens is 166 g/mol. The summed E-state index contributed by atoms with van der Waals surface area (Å²) in [4.78, 5) is 10.3. The number of hydroxylamine groups is 1. The van der Waals surface area contributed by atoms with Gasteiger partial charge in [-0.1, -0.05) is 0 Å². The molecule has 0 aliphatic heterocycles. The molecule has 4 nitrogen and oxygen atoms in total. The fraction of sp³-hybridized carbons (Fsp3) is 0.833. The molecule has 0 saturated carbocycles. The topological polar surface area (TPSA) is 69.6 Å². The van der Waals surface area contributed by atoms with Crippen LogP contribution in [-0.4, -0.2) is 34.3 Å². The van der Waals surface area contributed by atoms with Gasteiger partial charge < -0.3 is 10.3 Å². The van der Waals surface area contributed by atoms with Gasteiger partial charge in [0.2, 0.25) is 0 Å². The summed E-state index contributed by atoms with van der Waals surface area (Å²) in [6, 6.07) is -0.817. The summed E-state index contributed by atoms with van der Waals surface area (Å²) in [6.07, 6.45) is 3.22. The van der Waals surface area contributed by atoms with Crippen molar-refractivity contribution in [3.8, 4) is 0 Å². The molecule has 0 aromatic carbocycles. The smallest absolute Gasteiger partial charge is 0.323 e. The van der Waals surface area contributed by atoms with E-state index in [1.54, 1.807) is 17.2 Å². The number of hydrogen-bond donors (Lipinski definition) is 3. The van der Waals surface area contributed by atoms with Crippen LogP contribution in [0.4, 0.5) is 0 Å². The highest BCUT2D eigenvalue weighted by Gasteiger charge is 2.14. The van der Waals surface area contributed by atoms with Gasteiger partial charge in [0.1, 0.15) is 6.04 Å². The molecule has 3 N–H and O–H groups in total. The van der Waals surface area contributed by atoms with Crippen molar-refractivity contribution in [2.75, 3.05) is 12.0 Å². The summed E-state index contributed by atoms with van der Waals surface area (Å²) in [5.41, 5.74) is 1.75. The number of carboxylic acids is 1. The van der Waals surface area contributed by atoms with Crippen molar-refractivity contribution < 1.29 is 15.1 Å². The van der Waals surface area contributed by atoms with E-state index in [0.29, 0.717) is 6.42 Å². The fourth-order valence-electron chi connectivity index (χ4n) is 0.675. The molecule has 0 radical (unpaired) electrons. The van der Waals surface area contributed by atoms with E-state index in [1.165, 1.54) is 0 Å². The molecule has 0 fully saturated rings. The van der Waals surface area contributed by atoms with Gasteiger partial charge in [0, 0.05) is 0 Å². The number of hydrogen-bond acceptors (Lipinski definition) is 4. The lowest BCUT2D eigenvalue weighted by molar-refractivity contribution is -0.142. The molecule has 0 aromatic rings. The Bertz CT molecular complexity index is 120. The Morgan fingerprint density at radius 1 is 1.73 bits per heavy atom. The molecule has 1 atom stereocenters. The second-order valence-electron chi connectivity index (χ2n) is 2.15. The molecule has 0 aliphatic carbocycles. The zero-order valence-corrected chi connectivity index (χ0v) is 7.23. The lowest BCUT2D eigenvalue weighted by atomic mass is 10.2. The summed E-state index contributed by atoms with van der Waals surface area (Å²) in [5, 5.41) is 16.8. The molecule has 0 amide bonds. The molecule has 0 spiro atoms. The van der Waals surface area contributed by atoms with Crippen molar-refractivity contribution in [2.45, 2.75) is 18.9 Å². The fourth-order valence-corrected chi connectivity index (χ4v) is 1.13. The van der Waals surface area contributed by atoms with Crippen LogP contribution in [0, 0.1) is 0 Å². The Balaban J connectivity index is 3.44. The van der Waals surface area contributed by atoms with Crippen molar-refractivity contribution in [3.63, 3.8) is 0 Å². The highest BCUT2D eigenvalue weighted by Crippen LogP contribution is 2.02. The van der Waals surface area contributed by atoms with E-state index in [9.17, 15) is 4.79 Å². The van der Waals surface area contributed by atoms with Crippen LogP contribution in [0.3, 0.4) is 0 Å². The van der Waals surface area contributed by atoms with Crippen molar-refractivity contribution in [1.82, 2.24) is 5.48 Å². The number of rotatable bonds is 6. The Kier molecular flexibility index (Phi) is 6.30. The van der Waals surface area contributed by atoms with Crippen molar-refractivity contribution in [2.24, 2.45) is 0 Å². The van der Waals surface area contributed by atoms with Crippen LogP contribution in [0.5, 0.6) is 0 Å². The maximum Gasteiger partial charge on any atom is 0.323 e. The quantitative estimate of drug-likeness (QED) is 0.410. The zero-order chi connectivity index (χ0) is 8.69. The number of nitrogens with one attached hydrogen (secondary N) is 1. The molecule has 0 unspecified atom stereocenters. The van der Waals surface area contributed by atoms with E-state index >= 15 is 0 Å². The van der Waals surface area contributed by atoms with Gasteiger partial charge in [0.05, 0.1) is 0 Å². The minimum absolute atomic E-state index is 0.465. The van der Waals surface area contributed by atoms with Crippen LogP contribution in [0.25, 0.3) is 0 Å². The molecule has 0 saturated heterocycles. The van der Waals surface area contributed by atoms with Crippen LogP contribution >= 0.6 is 11.8 Å². The molecular formula is C6H13NO3S. The van der Waals surface area contributed by atoms with Gasteiger partial charge in [0.25, 0.3) is 0 Å². The van der Waals surface area contributed by atoms with Gasteiger partial charge in [-0.3, -0.25) is 4.79 Å².